The predicted molar refractivity (Wildman–Crippen MR) is 109 cm³/mol. The Balaban J connectivity index is 1.71. The van der Waals surface area contributed by atoms with E-state index in [1.54, 1.807) is 7.11 Å². The summed E-state index contributed by atoms with van der Waals surface area (Å²) in [5.41, 5.74) is 0.778. The van der Waals surface area contributed by atoms with Crippen LogP contribution in [0.15, 0.2) is 36.4 Å². The first-order chi connectivity index (χ1) is 12.0. The molecule has 140 valence electrons. The first-order valence-electron chi connectivity index (χ1n) is 9.46. The molecule has 26 heavy (non-hydrogen) atoms. The second-order valence-electron chi connectivity index (χ2n) is 9.12. The Labute approximate surface area is 158 Å². The molecule has 0 spiro atoms. The molecule has 3 nitrogen and oxygen atoms in total. The lowest BCUT2D eigenvalue weighted by Gasteiger charge is -2.32. The van der Waals surface area contributed by atoms with Crippen molar-refractivity contribution in [3.63, 3.8) is 0 Å². The van der Waals surface area contributed by atoms with Crippen molar-refractivity contribution in [2.24, 2.45) is 0 Å². The molecular formula is C22H31BO3. The molecule has 2 aromatic carbocycles. The van der Waals surface area contributed by atoms with Gasteiger partial charge in [0.15, 0.2) is 0 Å². The van der Waals surface area contributed by atoms with Gasteiger partial charge in [-0.1, -0.05) is 38.1 Å². The number of rotatable bonds is 5. The molecule has 0 radical (unpaired) electrons. The lowest BCUT2D eigenvalue weighted by molar-refractivity contribution is 0.00578. The number of hydrogen-bond donors (Lipinski definition) is 0. The molecule has 0 saturated carbocycles. The van der Waals surface area contributed by atoms with Crippen LogP contribution in [0.4, 0.5) is 0 Å². The number of methoxy groups -OCH3 is 1. The molecule has 0 atom stereocenters. The van der Waals surface area contributed by atoms with Gasteiger partial charge in [0.25, 0.3) is 0 Å². The van der Waals surface area contributed by atoms with Crippen molar-refractivity contribution in [2.75, 3.05) is 7.11 Å². The summed E-state index contributed by atoms with van der Waals surface area (Å²) < 4.78 is 17.9. The normalized spacial score (nSPS) is 19.1. The van der Waals surface area contributed by atoms with Gasteiger partial charge < -0.3 is 14.0 Å². The van der Waals surface area contributed by atoms with Gasteiger partial charge >= 0.3 is 7.12 Å². The summed E-state index contributed by atoms with van der Waals surface area (Å²) in [6, 6.07) is 12.9. The van der Waals surface area contributed by atoms with E-state index in [0.29, 0.717) is 0 Å². The van der Waals surface area contributed by atoms with Gasteiger partial charge in [-0.25, -0.2) is 0 Å². The van der Waals surface area contributed by atoms with Crippen LogP contribution in [-0.2, 0) is 15.7 Å². The predicted octanol–water partition coefficient (Wildman–Crippen LogP) is 5.65. The quantitative estimate of drug-likeness (QED) is 0.649. The number of benzene rings is 2. The highest BCUT2D eigenvalue weighted by Crippen LogP contribution is 2.46. The Hall–Kier alpha value is -1.52. The molecule has 0 N–H and O–H groups in total. The van der Waals surface area contributed by atoms with E-state index >= 15 is 0 Å². The average molecular weight is 354 g/mol. The zero-order valence-corrected chi connectivity index (χ0v) is 17.2. The summed E-state index contributed by atoms with van der Waals surface area (Å²) in [4.78, 5) is 0. The standard InChI is InChI=1S/C22H31BO3/c1-20(2,23-25-21(3,4)22(5,6)26-23)13-12-16-8-9-18-15-19(24-7)11-10-17(18)14-16/h8-11,14-15H,12-13H2,1-7H3. The van der Waals surface area contributed by atoms with Crippen LogP contribution in [-0.4, -0.2) is 25.4 Å². The van der Waals surface area contributed by atoms with Crippen LogP contribution in [0.3, 0.4) is 0 Å². The van der Waals surface area contributed by atoms with E-state index in [9.17, 15) is 0 Å². The zero-order valence-electron chi connectivity index (χ0n) is 17.2. The highest BCUT2D eigenvalue weighted by molar-refractivity contribution is 6.49. The second-order valence-corrected chi connectivity index (χ2v) is 9.12. The maximum atomic E-state index is 6.28. The van der Waals surface area contributed by atoms with Gasteiger partial charge in [-0.3, -0.25) is 0 Å². The zero-order chi connectivity index (χ0) is 19.2. The number of fused-ring (bicyclic) bond motifs is 1. The van der Waals surface area contributed by atoms with Gasteiger partial charge in [-0.2, -0.15) is 0 Å². The fourth-order valence-corrected chi connectivity index (χ4v) is 3.30. The van der Waals surface area contributed by atoms with Crippen molar-refractivity contribution in [1.82, 2.24) is 0 Å². The van der Waals surface area contributed by atoms with Crippen LogP contribution >= 0.6 is 0 Å². The third kappa shape index (κ3) is 3.63. The van der Waals surface area contributed by atoms with Crippen molar-refractivity contribution in [3.05, 3.63) is 42.0 Å². The molecule has 0 amide bonds. The van der Waals surface area contributed by atoms with E-state index < -0.39 is 0 Å². The molecule has 4 heteroatoms. The molecule has 2 aromatic rings. The molecule has 0 aliphatic carbocycles. The fraction of sp³-hybridized carbons (Fsp3) is 0.545. The third-order valence-corrected chi connectivity index (χ3v) is 6.06. The molecule has 1 fully saturated rings. The largest absolute Gasteiger partial charge is 0.497 e. The van der Waals surface area contributed by atoms with Crippen molar-refractivity contribution >= 4 is 17.9 Å². The van der Waals surface area contributed by atoms with Gasteiger partial charge in [0.05, 0.1) is 18.3 Å². The molecule has 0 aromatic heterocycles. The Kier molecular flexibility index (Phi) is 4.87. The highest BCUT2D eigenvalue weighted by Gasteiger charge is 2.56. The molecule has 1 aliphatic heterocycles. The van der Waals surface area contributed by atoms with E-state index in [1.165, 1.54) is 16.3 Å². The molecule has 1 aliphatic rings. The molecule has 0 bridgehead atoms. The Morgan fingerprint density at radius 2 is 1.50 bits per heavy atom. The molecule has 3 rings (SSSR count). The van der Waals surface area contributed by atoms with Gasteiger partial charge in [0, 0.05) is 5.31 Å². The van der Waals surface area contributed by atoms with Crippen LogP contribution in [0, 0.1) is 0 Å². The van der Waals surface area contributed by atoms with E-state index in [2.05, 4.69) is 71.9 Å². The minimum absolute atomic E-state index is 0.0556. The number of hydrogen-bond acceptors (Lipinski definition) is 3. The molecule has 1 heterocycles. The lowest BCUT2D eigenvalue weighted by Crippen LogP contribution is -2.41. The summed E-state index contributed by atoms with van der Waals surface area (Å²) in [5, 5.41) is 2.40. The van der Waals surface area contributed by atoms with Crippen molar-refractivity contribution in [2.45, 2.75) is 70.9 Å². The smallest absolute Gasteiger partial charge is 0.463 e. The summed E-state index contributed by atoms with van der Waals surface area (Å²) >= 11 is 0. The minimum Gasteiger partial charge on any atom is -0.497 e. The van der Waals surface area contributed by atoms with E-state index in [0.717, 1.165) is 18.6 Å². The number of aryl methyl sites for hydroxylation is 1. The van der Waals surface area contributed by atoms with Crippen LogP contribution in [0.1, 0.15) is 53.5 Å². The summed E-state index contributed by atoms with van der Waals surface area (Å²) in [6.45, 7) is 12.9. The summed E-state index contributed by atoms with van der Waals surface area (Å²) in [5.74, 6) is 0.896. The van der Waals surface area contributed by atoms with Gasteiger partial charge in [-0.05, 0) is 69.0 Å². The monoisotopic (exact) mass is 354 g/mol. The van der Waals surface area contributed by atoms with Crippen molar-refractivity contribution in [3.8, 4) is 5.75 Å². The minimum atomic E-state index is -0.281. The summed E-state index contributed by atoms with van der Waals surface area (Å²) in [7, 11) is 1.52. The average Bonchev–Trinajstić information content (AvgIpc) is 2.81. The highest BCUT2D eigenvalue weighted by atomic mass is 16.7. The second kappa shape index (κ2) is 6.58. The number of ether oxygens (including phenoxy) is 1. The fourth-order valence-electron chi connectivity index (χ4n) is 3.30. The third-order valence-electron chi connectivity index (χ3n) is 6.06. The lowest BCUT2D eigenvalue weighted by atomic mass is 9.57. The van der Waals surface area contributed by atoms with Crippen molar-refractivity contribution in [1.29, 1.82) is 0 Å². The van der Waals surface area contributed by atoms with E-state index in [-0.39, 0.29) is 23.6 Å². The SMILES string of the molecule is COc1ccc2cc(CCC(C)(C)B3OC(C)(C)C(C)(C)O3)ccc2c1. The van der Waals surface area contributed by atoms with Gasteiger partial charge in [-0.15, -0.1) is 0 Å². The van der Waals surface area contributed by atoms with Crippen LogP contribution in [0.2, 0.25) is 5.31 Å². The van der Waals surface area contributed by atoms with E-state index in [1.807, 2.05) is 6.07 Å². The Bertz CT molecular complexity index is 779. The molecule has 1 saturated heterocycles. The maximum Gasteiger partial charge on any atom is 0.463 e. The Morgan fingerprint density at radius 3 is 2.12 bits per heavy atom. The maximum absolute atomic E-state index is 6.28. The van der Waals surface area contributed by atoms with Gasteiger partial charge in [0.1, 0.15) is 5.75 Å². The molecule has 0 unspecified atom stereocenters. The first-order valence-corrected chi connectivity index (χ1v) is 9.46. The molecular weight excluding hydrogens is 323 g/mol. The topological polar surface area (TPSA) is 27.7 Å². The summed E-state index contributed by atoms with van der Waals surface area (Å²) in [6.07, 6.45) is 2.00. The van der Waals surface area contributed by atoms with Crippen LogP contribution in [0.5, 0.6) is 5.75 Å². The first kappa shape index (κ1) is 19.3. The van der Waals surface area contributed by atoms with Crippen LogP contribution < -0.4 is 4.74 Å². The van der Waals surface area contributed by atoms with Gasteiger partial charge in [0.2, 0.25) is 0 Å². The van der Waals surface area contributed by atoms with Crippen molar-refractivity contribution < 1.29 is 14.0 Å². The van der Waals surface area contributed by atoms with Crippen LogP contribution in [0.25, 0.3) is 10.8 Å². The Morgan fingerprint density at radius 1 is 0.923 bits per heavy atom. The van der Waals surface area contributed by atoms with E-state index in [4.69, 9.17) is 14.0 Å².